The van der Waals surface area contributed by atoms with E-state index in [4.69, 9.17) is 0 Å². The minimum atomic E-state index is -0.876. The number of fused-ring (bicyclic) bond motifs is 1. The summed E-state index contributed by atoms with van der Waals surface area (Å²) < 4.78 is 0. The zero-order chi connectivity index (χ0) is 22.1. The third-order valence-corrected chi connectivity index (χ3v) is 6.23. The van der Waals surface area contributed by atoms with Crippen molar-refractivity contribution >= 4 is 23.5 Å². The Morgan fingerprint density at radius 1 is 0.968 bits per heavy atom. The van der Waals surface area contributed by atoms with Gasteiger partial charge in [0.2, 0.25) is 5.91 Å². The Morgan fingerprint density at radius 3 is 2.32 bits per heavy atom. The zero-order valence-electron chi connectivity index (χ0n) is 18.6. The lowest BCUT2D eigenvalue weighted by atomic mass is 9.96. The molecule has 0 radical (unpaired) electrons. The van der Waals surface area contributed by atoms with Gasteiger partial charge in [-0.15, -0.1) is 0 Å². The molecule has 4 N–H and O–H groups in total. The molecule has 31 heavy (non-hydrogen) atoms. The number of imide groups is 1. The van der Waals surface area contributed by atoms with E-state index in [1.54, 1.807) is 0 Å². The second-order valence-corrected chi connectivity index (χ2v) is 8.88. The summed E-state index contributed by atoms with van der Waals surface area (Å²) in [6, 6.07) is 5.24. The third kappa shape index (κ3) is 6.53. The predicted molar refractivity (Wildman–Crippen MR) is 122 cm³/mol. The van der Waals surface area contributed by atoms with Crippen LogP contribution in [0.2, 0.25) is 0 Å². The second kappa shape index (κ2) is 11.3. The lowest BCUT2D eigenvalue weighted by Gasteiger charge is -2.18. The first-order chi connectivity index (χ1) is 15.0. The van der Waals surface area contributed by atoms with Gasteiger partial charge in [0.15, 0.2) is 0 Å². The van der Waals surface area contributed by atoms with Crippen LogP contribution in [0.25, 0.3) is 0 Å². The molecule has 0 bridgehead atoms. The minimum absolute atomic E-state index is 0.0736. The molecule has 0 aromatic heterocycles. The largest absolute Gasteiger partial charge is 0.325 e. The van der Waals surface area contributed by atoms with Crippen LogP contribution in [0.3, 0.4) is 0 Å². The fourth-order valence-electron chi connectivity index (χ4n) is 4.50. The van der Waals surface area contributed by atoms with Crippen molar-refractivity contribution in [2.45, 2.75) is 83.1 Å². The van der Waals surface area contributed by atoms with E-state index in [1.165, 1.54) is 51.4 Å². The molecular formula is C24H36N4O3. The molecule has 1 atom stereocenters. The lowest BCUT2D eigenvalue weighted by molar-refractivity contribution is -0.123. The summed E-state index contributed by atoms with van der Waals surface area (Å²) in [5.41, 5.74) is 1.85. The average molecular weight is 429 g/mol. The summed E-state index contributed by atoms with van der Waals surface area (Å²) in [6.45, 7) is 3.38. The Hall–Kier alpha value is -2.41. The molecule has 0 saturated carbocycles. The molecule has 1 saturated heterocycles. The van der Waals surface area contributed by atoms with Gasteiger partial charge in [0.25, 0.3) is 5.91 Å². The summed E-state index contributed by atoms with van der Waals surface area (Å²) in [5.74, 6) is -0.351. The number of urea groups is 1. The summed E-state index contributed by atoms with van der Waals surface area (Å²) in [5, 5.41) is 11.2. The molecule has 170 valence electrons. The SMILES string of the molecule is CCCCCCCCCCCNCC(=O)Nc1ccc2c(c1)CC1(C2)NC(=O)NC1=O. The van der Waals surface area contributed by atoms with Gasteiger partial charge in [0.05, 0.1) is 6.54 Å². The molecule has 1 unspecified atom stereocenters. The first-order valence-corrected chi connectivity index (χ1v) is 11.8. The van der Waals surface area contributed by atoms with Crippen molar-refractivity contribution in [3.05, 3.63) is 29.3 Å². The standard InChI is InChI=1S/C24H36N4O3/c1-2-3-4-5-6-7-8-9-10-13-25-17-21(29)26-20-12-11-18-15-24(16-19(18)14-20)22(30)27-23(31)28-24/h11-12,14,25H,2-10,13,15-17H2,1H3,(H,26,29)(H2,27,28,30,31). The van der Waals surface area contributed by atoms with Crippen molar-refractivity contribution in [1.29, 1.82) is 0 Å². The monoisotopic (exact) mass is 428 g/mol. The third-order valence-electron chi connectivity index (χ3n) is 6.23. The summed E-state index contributed by atoms with van der Waals surface area (Å²) >= 11 is 0. The normalized spacial score (nSPS) is 19.4. The van der Waals surface area contributed by atoms with Gasteiger partial charge in [0, 0.05) is 18.5 Å². The lowest BCUT2D eigenvalue weighted by Crippen LogP contribution is -2.47. The van der Waals surface area contributed by atoms with Crippen LogP contribution >= 0.6 is 0 Å². The van der Waals surface area contributed by atoms with Crippen LogP contribution in [-0.4, -0.2) is 36.5 Å². The molecule has 7 heteroatoms. The number of rotatable bonds is 13. The smallest absolute Gasteiger partial charge is 0.322 e. The number of carbonyl (C=O) groups excluding carboxylic acids is 3. The molecule has 1 aromatic rings. The van der Waals surface area contributed by atoms with E-state index in [0.29, 0.717) is 12.8 Å². The molecule has 1 heterocycles. The Kier molecular flexibility index (Phi) is 8.46. The molecule has 1 aliphatic heterocycles. The van der Waals surface area contributed by atoms with Gasteiger partial charge < -0.3 is 16.0 Å². The van der Waals surface area contributed by atoms with E-state index in [0.717, 1.165) is 29.8 Å². The topological polar surface area (TPSA) is 99.3 Å². The van der Waals surface area contributed by atoms with E-state index < -0.39 is 11.6 Å². The molecule has 3 rings (SSSR count). The maximum atomic E-state index is 12.2. The second-order valence-electron chi connectivity index (χ2n) is 8.88. The Labute approximate surface area is 185 Å². The van der Waals surface area contributed by atoms with Gasteiger partial charge in [-0.1, -0.05) is 64.4 Å². The number of hydrogen-bond donors (Lipinski definition) is 4. The number of anilines is 1. The molecule has 1 fully saturated rings. The van der Waals surface area contributed by atoms with Crippen molar-refractivity contribution in [1.82, 2.24) is 16.0 Å². The average Bonchev–Trinajstić information content (AvgIpc) is 3.23. The number of benzene rings is 1. The van der Waals surface area contributed by atoms with Crippen LogP contribution in [0.1, 0.15) is 75.8 Å². The number of hydrogen-bond acceptors (Lipinski definition) is 4. The Morgan fingerprint density at radius 2 is 1.65 bits per heavy atom. The fraction of sp³-hybridized carbons (Fsp3) is 0.625. The van der Waals surface area contributed by atoms with Gasteiger partial charge in [-0.3, -0.25) is 14.9 Å². The predicted octanol–water partition coefficient (Wildman–Crippen LogP) is 3.42. The number of unbranched alkanes of at least 4 members (excludes halogenated alkanes) is 8. The first kappa shape index (κ1) is 23.3. The van der Waals surface area contributed by atoms with E-state index >= 15 is 0 Å². The zero-order valence-corrected chi connectivity index (χ0v) is 18.6. The Bertz CT molecular complexity index is 795. The maximum Gasteiger partial charge on any atom is 0.322 e. The molecule has 7 nitrogen and oxygen atoms in total. The van der Waals surface area contributed by atoms with E-state index in [-0.39, 0.29) is 18.4 Å². The van der Waals surface area contributed by atoms with Crippen molar-refractivity contribution in [2.75, 3.05) is 18.4 Å². The van der Waals surface area contributed by atoms with Crippen LogP contribution in [0.4, 0.5) is 10.5 Å². The molecule has 2 aliphatic rings. The highest BCUT2D eigenvalue weighted by Crippen LogP contribution is 2.33. The van der Waals surface area contributed by atoms with Gasteiger partial charge in [-0.25, -0.2) is 4.79 Å². The molecule has 4 amide bonds. The van der Waals surface area contributed by atoms with Gasteiger partial charge in [-0.2, -0.15) is 0 Å². The Balaban J connectivity index is 1.30. The molecule has 1 aromatic carbocycles. The molecule has 1 aliphatic carbocycles. The maximum absolute atomic E-state index is 12.2. The van der Waals surface area contributed by atoms with Crippen molar-refractivity contribution in [3.8, 4) is 0 Å². The van der Waals surface area contributed by atoms with Crippen LogP contribution in [0, 0.1) is 0 Å². The molecular weight excluding hydrogens is 392 g/mol. The number of amides is 4. The van der Waals surface area contributed by atoms with Gasteiger partial charge in [0.1, 0.15) is 5.54 Å². The van der Waals surface area contributed by atoms with E-state index in [1.807, 2.05) is 18.2 Å². The van der Waals surface area contributed by atoms with Gasteiger partial charge >= 0.3 is 6.03 Å². The summed E-state index contributed by atoms with van der Waals surface area (Å²) in [4.78, 5) is 35.9. The van der Waals surface area contributed by atoms with Gasteiger partial charge in [-0.05, 0) is 36.2 Å². The van der Waals surface area contributed by atoms with E-state index in [9.17, 15) is 14.4 Å². The van der Waals surface area contributed by atoms with Crippen molar-refractivity contribution in [3.63, 3.8) is 0 Å². The highest BCUT2D eigenvalue weighted by Gasteiger charge is 2.49. The summed E-state index contributed by atoms with van der Waals surface area (Å²) in [7, 11) is 0. The van der Waals surface area contributed by atoms with Crippen molar-refractivity contribution in [2.24, 2.45) is 0 Å². The molecule has 1 spiro atoms. The highest BCUT2D eigenvalue weighted by molar-refractivity contribution is 6.07. The highest BCUT2D eigenvalue weighted by atomic mass is 16.2. The van der Waals surface area contributed by atoms with Crippen LogP contribution < -0.4 is 21.3 Å². The quantitative estimate of drug-likeness (QED) is 0.286. The van der Waals surface area contributed by atoms with E-state index in [2.05, 4.69) is 28.2 Å². The summed E-state index contributed by atoms with van der Waals surface area (Å²) in [6.07, 6.45) is 12.5. The number of nitrogens with one attached hydrogen (secondary N) is 4. The number of carbonyl (C=O) groups is 3. The fourth-order valence-corrected chi connectivity index (χ4v) is 4.50. The minimum Gasteiger partial charge on any atom is -0.325 e. The van der Waals surface area contributed by atoms with Crippen LogP contribution in [0.5, 0.6) is 0 Å². The van der Waals surface area contributed by atoms with Crippen LogP contribution in [-0.2, 0) is 22.4 Å². The van der Waals surface area contributed by atoms with Crippen molar-refractivity contribution < 1.29 is 14.4 Å². The first-order valence-electron chi connectivity index (χ1n) is 11.8. The van der Waals surface area contributed by atoms with Crippen LogP contribution in [0.15, 0.2) is 18.2 Å².